The summed E-state index contributed by atoms with van der Waals surface area (Å²) in [5.74, 6) is 1.89. The topological polar surface area (TPSA) is 15.3 Å². The third-order valence-electron chi connectivity index (χ3n) is 4.74. The van der Waals surface area contributed by atoms with Gasteiger partial charge in [0, 0.05) is 12.6 Å². The number of rotatable bonds is 4. The summed E-state index contributed by atoms with van der Waals surface area (Å²) in [7, 11) is 0. The van der Waals surface area contributed by atoms with Crippen molar-refractivity contribution in [3.8, 4) is 0 Å². The molecular weight excluding hydrogens is 208 g/mol. The van der Waals surface area contributed by atoms with E-state index in [1.165, 1.54) is 58.2 Å². The first-order valence-corrected chi connectivity index (χ1v) is 7.74. The van der Waals surface area contributed by atoms with E-state index in [4.69, 9.17) is 0 Å². The Labute approximate surface area is 107 Å². The molecule has 0 radical (unpaired) electrons. The zero-order valence-electron chi connectivity index (χ0n) is 11.8. The first-order valence-electron chi connectivity index (χ1n) is 7.74. The molecule has 0 bridgehead atoms. The Kier molecular flexibility index (Phi) is 5.30. The van der Waals surface area contributed by atoms with Crippen LogP contribution in [-0.2, 0) is 0 Å². The number of likely N-dealkylation sites (tertiary alicyclic amines) is 1. The standard InChI is InChI=1S/C15H30N2/c1-3-16-11-14-5-4-10-17(12-14)15-8-6-13(2)7-9-15/h13-16H,3-12H2,1-2H3. The molecule has 0 aromatic heterocycles. The van der Waals surface area contributed by atoms with Crippen LogP contribution in [0.25, 0.3) is 0 Å². The van der Waals surface area contributed by atoms with Gasteiger partial charge < -0.3 is 10.2 Å². The van der Waals surface area contributed by atoms with Crippen LogP contribution in [0.15, 0.2) is 0 Å². The monoisotopic (exact) mass is 238 g/mol. The largest absolute Gasteiger partial charge is 0.317 e. The predicted octanol–water partition coefficient (Wildman–Crippen LogP) is 2.89. The lowest BCUT2D eigenvalue weighted by Gasteiger charge is -2.41. The fourth-order valence-corrected chi connectivity index (χ4v) is 3.55. The van der Waals surface area contributed by atoms with Crippen molar-refractivity contribution < 1.29 is 0 Å². The van der Waals surface area contributed by atoms with Crippen LogP contribution < -0.4 is 5.32 Å². The maximum Gasteiger partial charge on any atom is 0.00955 e. The zero-order chi connectivity index (χ0) is 12.1. The zero-order valence-corrected chi connectivity index (χ0v) is 11.8. The fraction of sp³-hybridized carbons (Fsp3) is 1.00. The quantitative estimate of drug-likeness (QED) is 0.810. The van der Waals surface area contributed by atoms with Crippen LogP contribution in [-0.4, -0.2) is 37.1 Å². The smallest absolute Gasteiger partial charge is 0.00955 e. The highest BCUT2D eigenvalue weighted by Crippen LogP contribution is 2.29. The number of piperidine rings is 1. The molecule has 2 heteroatoms. The van der Waals surface area contributed by atoms with Gasteiger partial charge in [0.05, 0.1) is 0 Å². The summed E-state index contributed by atoms with van der Waals surface area (Å²) >= 11 is 0. The first kappa shape index (κ1) is 13.4. The summed E-state index contributed by atoms with van der Waals surface area (Å²) in [4.78, 5) is 2.80. The molecule has 0 spiro atoms. The van der Waals surface area contributed by atoms with Crippen molar-refractivity contribution in [3.63, 3.8) is 0 Å². The Hall–Kier alpha value is -0.0800. The summed E-state index contributed by atoms with van der Waals surface area (Å²) in [6.45, 7) is 9.70. The van der Waals surface area contributed by atoms with Crippen LogP contribution >= 0.6 is 0 Å². The summed E-state index contributed by atoms with van der Waals surface area (Å²) in [6.07, 6.45) is 8.68. The van der Waals surface area contributed by atoms with Gasteiger partial charge in [-0.3, -0.25) is 0 Å². The van der Waals surface area contributed by atoms with Gasteiger partial charge in [-0.15, -0.1) is 0 Å². The van der Waals surface area contributed by atoms with Crippen LogP contribution in [0.2, 0.25) is 0 Å². The van der Waals surface area contributed by atoms with Crippen molar-refractivity contribution in [2.75, 3.05) is 26.2 Å². The second-order valence-electron chi connectivity index (χ2n) is 6.22. The SMILES string of the molecule is CCNCC1CCCN(C2CCC(C)CC2)C1. The summed E-state index contributed by atoms with van der Waals surface area (Å²) in [5.41, 5.74) is 0. The van der Waals surface area contributed by atoms with Crippen LogP contribution in [0.4, 0.5) is 0 Å². The highest BCUT2D eigenvalue weighted by atomic mass is 15.2. The molecule has 1 unspecified atom stereocenters. The molecule has 0 amide bonds. The molecule has 0 aromatic carbocycles. The van der Waals surface area contributed by atoms with Gasteiger partial charge in [0.15, 0.2) is 0 Å². The van der Waals surface area contributed by atoms with Gasteiger partial charge in [-0.1, -0.05) is 13.8 Å². The highest BCUT2D eigenvalue weighted by molar-refractivity contribution is 4.83. The number of nitrogens with zero attached hydrogens (tertiary/aromatic N) is 1. The number of hydrogen-bond donors (Lipinski definition) is 1. The van der Waals surface area contributed by atoms with Gasteiger partial charge in [0.25, 0.3) is 0 Å². The van der Waals surface area contributed by atoms with Crippen molar-refractivity contribution in [2.24, 2.45) is 11.8 Å². The van der Waals surface area contributed by atoms with Crippen LogP contribution in [0.3, 0.4) is 0 Å². The molecule has 1 heterocycles. The lowest BCUT2D eigenvalue weighted by molar-refractivity contribution is 0.0889. The van der Waals surface area contributed by atoms with Crippen molar-refractivity contribution in [2.45, 2.75) is 58.4 Å². The van der Waals surface area contributed by atoms with Crippen LogP contribution in [0, 0.1) is 11.8 Å². The summed E-state index contributed by atoms with van der Waals surface area (Å²) in [6, 6.07) is 0.913. The van der Waals surface area contributed by atoms with E-state index in [9.17, 15) is 0 Å². The van der Waals surface area contributed by atoms with Gasteiger partial charge in [0.1, 0.15) is 0 Å². The summed E-state index contributed by atoms with van der Waals surface area (Å²) < 4.78 is 0. The van der Waals surface area contributed by atoms with Crippen LogP contribution in [0.5, 0.6) is 0 Å². The van der Waals surface area contributed by atoms with Gasteiger partial charge in [0.2, 0.25) is 0 Å². The van der Waals surface area contributed by atoms with E-state index in [1.54, 1.807) is 0 Å². The Morgan fingerprint density at radius 1 is 1.12 bits per heavy atom. The Morgan fingerprint density at radius 2 is 1.88 bits per heavy atom. The van der Waals surface area contributed by atoms with Crippen LogP contribution in [0.1, 0.15) is 52.4 Å². The predicted molar refractivity (Wildman–Crippen MR) is 74.3 cm³/mol. The van der Waals surface area contributed by atoms with E-state index in [2.05, 4.69) is 24.1 Å². The highest BCUT2D eigenvalue weighted by Gasteiger charge is 2.28. The van der Waals surface area contributed by atoms with Gasteiger partial charge >= 0.3 is 0 Å². The minimum Gasteiger partial charge on any atom is -0.317 e. The maximum atomic E-state index is 3.52. The van der Waals surface area contributed by atoms with E-state index in [0.717, 1.165) is 24.4 Å². The molecule has 17 heavy (non-hydrogen) atoms. The average Bonchev–Trinajstić information content (AvgIpc) is 2.37. The van der Waals surface area contributed by atoms with Gasteiger partial charge in [-0.25, -0.2) is 0 Å². The van der Waals surface area contributed by atoms with E-state index in [1.807, 2.05) is 0 Å². The van der Waals surface area contributed by atoms with Crippen molar-refractivity contribution in [3.05, 3.63) is 0 Å². The molecule has 1 N–H and O–H groups in total. The molecule has 2 aliphatic rings. The normalized spacial score (nSPS) is 36.0. The molecule has 1 atom stereocenters. The van der Waals surface area contributed by atoms with Crippen molar-refractivity contribution >= 4 is 0 Å². The Morgan fingerprint density at radius 3 is 2.59 bits per heavy atom. The molecule has 1 saturated heterocycles. The minimum atomic E-state index is 0.906. The first-order chi connectivity index (χ1) is 8.29. The molecular formula is C15H30N2. The third kappa shape index (κ3) is 3.96. The second kappa shape index (κ2) is 6.75. The lowest BCUT2D eigenvalue weighted by Crippen LogP contribution is -2.46. The second-order valence-corrected chi connectivity index (χ2v) is 6.22. The Balaban J connectivity index is 1.76. The minimum absolute atomic E-state index is 0.906. The van der Waals surface area contributed by atoms with E-state index in [0.29, 0.717) is 0 Å². The van der Waals surface area contributed by atoms with Crippen molar-refractivity contribution in [1.82, 2.24) is 10.2 Å². The van der Waals surface area contributed by atoms with E-state index in [-0.39, 0.29) is 0 Å². The lowest BCUT2D eigenvalue weighted by atomic mass is 9.85. The molecule has 1 aliphatic carbocycles. The summed E-state index contributed by atoms with van der Waals surface area (Å²) in [5, 5.41) is 3.52. The average molecular weight is 238 g/mol. The van der Waals surface area contributed by atoms with Gasteiger partial charge in [-0.2, -0.15) is 0 Å². The molecule has 100 valence electrons. The van der Waals surface area contributed by atoms with E-state index < -0.39 is 0 Å². The molecule has 1 aliphatic heterocycles. The molecule has 1 saturated carbocycles. The van der Waals surface area contributed by atoms with Crippen molar-refractivity contribution in [1.29, 1.82) is 0 Å². The molecule has 0 aromatic rings. The Bertz CT molecular complexity index is 209. The van der Waals surface area contributed by atoms with Gasteiger partial charge in [-0.05, 0) is 70.0 Å². The third-order valence-corrected chi connectivity index (χ3v) is 4.74. The van der Waals surface area contributed by atoms with E-state index >= 15 is 0 Å². The maximum absolute atomic E-state index is 3.52. The fourth-order valence-electron chi connectivity index (χ4n) is 3.55. The number of hydrogen-bond acceptors (Lipinski definition) is 2. The molecule has 2 nitrogen and oxygen atoms in total. The molecule has 2 rings (SSSR count). The number of nitrogens with one attached hydrogen (secondary N) is 1. The molecule has 2 fully saturated rings.